The lowest BCUT2D eigenvalue weighted by Gasteiger charge is -2.24. The molecule has 0 radical (unpaired) electrons. The van der Waals surface area contributed by atoms with Crippen LogP contribution in [0.25, 0.3) is 0 Å². The summed E-state index contributed by atoms with van der Waals surface area (Å²) in [6.07, 6.45) is 4.27. The number of fused-ring (bicyclic) bond motifs is 1. The number of nitrogens with two attached hydrogens (primary N) is 1. The Morgan fingerprint density at radius 3 is 2.79 bits per heavy atom. The van der Waals surface area contributed by atoms with E-state index in [1.165, 1.54) is 0 Å². The van der Waals surface area contributed by atoms with Crippen LogP contribution in [0.4, 0.5) is 0 Å². The molecule has 19 heavy (non-hydrogen) atoms. The monoisotopic (exact) mass is 283 g/mol. The minimum Gasteiger partial charge on any atom is -0.506 e. The van der Waals surface area contributed by atoms with Crippen molar-refractivity contribution >= 4 is 17.6 Å². The highest BCUT2D eigenvalue weighted by Crippen LogP contribution is 2.40. The summed E-state index contributed by atoms with van der Waals surface area (Å²) in [7, 11) is 0. The standard InChI is InChI=1S/C14H18ClNO3/c15-10-7-8-3-1-2-4-9(8)13(14(10)19)11(16)5-6-12(17)18/h7,11,19H,1-6,16H2,(H,17,18). The van der Waals surface area contributed by atoms with Crippen molar-refractivity contribution in [2.75, 3.05) is 0 Å². The van der Waals surface area contributed by atoms with E-state index in [4.69, 9.17) is 22.4 Å². The van der Waals surface area contributed by atoms with Gasteiger partial charge in [-0.1, -0.05) is 11.6 Å². The maximum Gasteiger partial charge on any atom is 0.303 e. The van der Waals surface area contributed by atoms with Crippen LogP contribution in [0.1, 0.15) is 48.4 Å². The number of aromatic hydroxyl groups is 1. The van der Waals surface area contributed by atoms with E-state index in [2.05, 4.69) is 0 Å². The van der Waals surface area contributed by atoms with Gasteiger partial charge in [-0.05, 0) is 49.3 Å². The van der Waals surface area contributed by atoms with E-state index in [1.807, 2.05) is 0 Å². The lowest BCUT2D eigenvalue weighted by molar-refractivity contribution is -0.137. The van der Waals surface area contributed by atoms with E-state index in [1.54, 1.807) is 6.07 Å². The Morgan fingerprint density at radius 1 is 1.42 bits per heavy atom. The number of aryl methyl sites for hydroxylation is 1. The Morgan fingerprint density at radius 2 is 2.11 bits per heavy atom. The molecule has 5 heteroatoms. The molecule has 0 bridgehead atoms. The van der Waals surface area contributed by atoms with Crippen LogP contribution in [0.2, 0.25) is 5.02 Å². The molecule has 0 fully saturated rings. The highest BCUT2D eigenvalue weighted by atomic mass is 35.5. The lowest BCUT2D eigenvalue weighted by atomic mass is 9.84. The van der Waals surface area contributed by atoms with Crippen molar-refractivity contribution in [1.29, 1.82) is 0 Å². The van der Waals surface area contributed by atoms with Gasteiger partial charge in [-0.3, -0.25) is 4.79 Å². The number of carboxylic acids is 1. The Bertz CT molecular complexity index is 502. The second-order valence-corrected chi connectivity index (χ2v) is 5.41. The van der Waals surface area contributed by atoms with Crippen molar-refractivity contribution < 1.29 is 15.0 Å². The molecule has 4 N–H and O–H groups in total. The lowest BCUT2D eigenvalue weighted by Crippen LogP contribution is -2.17. The molecule has 1 atom stereocenters. The SMILES string of the molecule is NC(CCC(=O)O)c1c(O)c(Cl)cc2c1CCCC2. The number of carboxylic acid groups (broad SMARTS) is 1. The van der Waals surface area contributed by atoms with Crippen LogP contribution in [-0.2, 0) is 17.6 Å². The fourth-order valence-electron chi connectivity index (χ4n) is 2.71. The molecule has 1 aromatic rings. The first kappa shape index (κ1) is 14.2. The summed E-state index contributed by atoms with van der Waals surface area (Å²) in [6, 6.07) is 1.32. The van der Waals surface area contributed by atoms with E-state index in [9.17, 15) is 9.90 Å². The molecule has 4 nitrogen and oxygen atoms in total. The third-order valence-corrected chi connectivity index (χ3v) is 3.95. The number of rotatable bonds is 4. The molecule has 0 amide bonds. The summed E-state index contributed by atoms with van der Waals surface area (Å²) in [5.74, 6) is -0.869. The van der Waals surface area contributed by atoms with Crippen molar-refractivity contribution in [2.45, 2.75) is 44.6 Å². The van der Waals surface area contributed by atoms with Crippen molar-refractivity contribution in [3.05, 3.63) is 27.8 Å². The van der Waals surface area contributed by atoms with Crippen LogP contribution in [0, 0.1) is 0 Å². The van der Waals surface area contributed by atoms with Gasteiger partial charge in [0.05, 0.1) is 5.02 Å². The van der Waals surface area contributed by atoms with Gasteiger partial charge in [0.2, 0.25) is 0 Å². The second kappa shape index (κ2) is 5.80. The predicted molar refractivity (Wildman–Crippen MR) is 73.6 cm³/mol. The highest BCUT2D eigenvalue weighted by Gasteiger charge is 2.23. The number of benzene rings is 1. The number of halogens is 1. The Labute approximate surface area is 117 Å². The summed E-state index contributed by atoms with van der Waals surface area (Å²) in [5, 5.41) is 19.2. The molecular formula is C14H18ClNO3. The number of phenolic OH excluding ortho intramolecular Hbond substituents is 1. The van der Waals surface area contributed by atoms with Gasteiger partial charge in [0.1, 0.15) is 5.75 Å². The first-order valence-electron chi connectivity index (χ1n) is 6.51. The molecule has 1 aromatic carbocycles. The van der Waals surface area contributed by atoms with Crippen molar-refractivity contribution in [3.63, 3.8) is 0 Å². The Hall–Kier alpha value is -1.26. The zero-order valence-corrected chi connectivity index (χ0v) is 11.4. The first-order chi connectivity index (χ1) is 9.00. The van der Waals surface area contributed by atoms with E-state index in [-0.39, 0.29) is 12.2 Å². The normalized spacial score (nSPS) is 15.9. The Kier molecular flexibility index (Phi) is 4.32. The third kappa shape index (κ3) is 3.01. The average Bonchev–Trinajstić information content (AvgIpc) is 2.37. The predicted octanol–water partition coefficient (Wildman–Crippen LogP) is 2.79. The summed E-state index contributed by atoms with van der Waals surface area (Å²) in [4.78, 5) is 10.6. The van der Waals surface area contributed by atoms with Crippen LogP contribution >= 0.6 is 11.6 Å². The van der Waals surface area contributed by atoms with Gasteiger partial charge in [0, 0.05) is 18.0 Å². The second-order valence-electron chi connectivity index (χ2n) is 5.00. The van der Waals surface area contributed by atoms with Crippen LogP contribution in [0.3, 0.4) is 0 Å². The smallest absolute Gasteiger partial charge is 0.303 e. The van der Waals surface area contributed by atoms with Crippen LogP contribution in [0.5, 0.6) is 5.75 Å². The third-order valence-electron chi connectivity index (χ3n) is 3.66. The zero-order chi connectivity index (χ0) is 14.0. The van der Waals surface area contributed by atoms with Gasteiger partial charge in [0.25, 0.3) is 0 Å². The van der Waals surface area contributed by atoms with E-state index < -0.39 is 12.0 Å². The molecule has 1 unspecified atom stereocenters. The van der Waals surface area contributed by atoms with Crippen LogP contribution in [-0.4, -0.2) is 16.2 Å². The van der Waals surface area contributed by atoms with Crippen molar-refractivity contribution in [2.24, 2.45) is 5.73 Å². The van der Waals surface area contributed by atoms with Crippen LogP contribution in [0.15, 0.2) is 6.07 Å². The number of carbonyl (C=O) groups is 1. The average molecular weight is 284 g/mol. The molecule has 1 aliphatic rings. The first-order valence-corrected chi connectivity index (χ1v) is 6.89. The molecular weight excluding hydrogens is 266 g/mol. The molecule has 0 aliphatic heterocycles. The Balaban J connectivity index is 2.37. The molecule has 2 rings (SSSR count). The van der Waals surface area contributed by atoms with Crippen molar-refractivity contribution in [3.8, 4) is 5.75 Å². The van der Waals surface area contributed by atoms with Gasteiger partial charge < -0.3 is 15.9 Å². The quantitative estimate of drug-likeness (QED) is 0.793. The maximum atomic E-state index is 10.6. The minimum absolute atomic E-state index is 0.0120. The molecule has 1 aliphatic carbocycles. The molecule has 0 heterocycles. The minimum atomic E-state index is -0.883. The fraction of sp³-hybridized carbons (Fsp3) is 0.500. The fourth-order valence-corrected chi connectivity index (χ4v) is 2.94. The van der Waals surface area contributed by atoms with Crippen molar-refractivity contribution in [1.82, 2.24) is 0 Å². The van der Waals surface area contributed by atoms with Gasteiger partial charge >= 0.3 is 5.97 Å². The maximum absolute atomic E-state index is 10.6. The molecule has 0 saturated heterocycles. The molecule has 104 valence electrons. The molecule has 0 aromatic heterocycles. The van der Waals surface area contributed by atoms with E-state index in [0.29, 0.717) is 17.0 Å². The molecule has 0 spiro atoms. The largest absolute Gasteiger partial charge is 0.506 e. The van der Waals surface area contributed by atoms with E-state index in [0.717, 1.165) is 36.8 Å². The topological polar surface area (TPSA) is 83.6 Å². The summed E-state index contributed by atoms with van der Waals surface area (Å²) < 4.78 is 0. The highest BCUT2D eigenvalue weighted by molar-refractivity contribution is 6.32. The van der Waals surface area contributed by atoms with Gasteiger partial charge in [0.15, 0.2) is 0 Å². The van der Waals surface area contributed by atoms with Gasteiger partial charge in [-0.2, -0.15) is 0 Å². The van der Waals surface area contributed by atoms with Gasteiger partial charge in [-0.15, -0.1) is 0 Å². The number of aliphatic carboxylic acids is 1. The zero-order valence-electron chi connectivity index (χ0n) is 10.7. The summed E-state index contributed by atoms with van der Waals surface area (Å²) in [6.45, 7) is 0. The number of phenols is 1. The van der Waals surface area contributed by atoms with Gasteiger partial charge in [-0.25, -0.2) is 0 Å². The number of hydrogen-bond donors (Lipinski definition) is 3. The van der Waals surface area contributed by atoms with Crippen LogP contribution < -0.4 is 5.73 Å². The van der Waals surface area contributed by atoms with E-state index >= 15 is 0 Å². The summed E-state index contributed by atoms with van der Waals surface area (Å²) in [5.41, 5.74) is 8.89. The summed E-state index contributed by atoms with van der Waals surface area (Å²) >= 11 is 6.04. The number of hydrogen-bond acceptors (Lipinski definition) is 3. The molecule has 0 saturated carbocycles.